The maximum Gasteiger partial charge on any atom is 0.378 e. The first-order valence-corrected chi connectivity index (χ1v) is 3.87. The van der Waals surface area contributed by atoms with Gasteiger partial charge in [-0.15, -0.1) is 0 Å². The summed E-state index contributed by atoms with van der Waals surface area (Å²) in [4.78, 5) is 10.0. The molecule has 76 valence electrons. The molecule has 1 N–H and O–H groups in total. The van der Waals surface area contributed by atoms with Crippen LogP contribution in [0.5, 0.6) is 5.75 Å². The van der Waals surface area contributed by atoms with Crippen molar-refractivity contribution in [2.75, 3.05) is 0 Å². The molecule has 0 aromatic heterocycles. The largest absolute Gasteiger partial charge is 0.476 e. The van der Waals surface area contributed by atoms with Crippen LogP contribution in [0.3, 0.4) is 0 Å². The van der Waals surface area contributed by atoms with E-state index in [-0.39, 0.29) is 5.02 Å². The maximum absolute atomic E-state index is 12.9. The summed E-state index contributed by atoms with van der Waals surface area (Å²) >= 11 is 5.41. The van der Waals surface area contributed by atoms with Crippen molar-refractivity contribution in [3.05, 3.63) is 29.0 Å². The first kappa shape index (κ1) is 10.7. The molecule has 1 aromatic rings. The molecule has 1 unspecified atom stereocenters. The van der Waals surface area contributed by atoms with Gasteiger partial charge in [-0.3, -0.25) is 0 Å². The lowest BCUT2D eigenvalue weighted by atomic mass is 10.3. The molecule has 0 saturated heterocycles. The molecule has 0 bridgehead atoms. The third-order valence-corrected chi connectivity index (χ3v) is 1.55. The molecule has 0 aliphatic heterocycles. The van der Waals surface area contributed by atoms with E-state index in [1.165, 1.54) is 6.07 Å². The minimum Gasteiger partial charge on any atom is -0.476 e. The van der Waals surface area contributed by atoms with Gasteiger partial charge in [0.2, 0.25) is 0 Å². The number of carboxylic acid groups (broad SMARTS) is 1. The fourth-order valence-electron chi connectivity index (χ4n) is 0.733. The van der Waals surface area contributed by atoms with Gasteiger partial charge >= 0.3 is 12.3 Å². The molecule has 0 aliphatic rings. The Balaban J connectivity index is 2.82. The minimum absolute atomic E-state index is 0.112. The van der Waals surface area contributed by atoms with Crippen LogP contribution in [0, 0.1) is 5.82 Å². The number of hydrogen-bond donors (Lipinski definition) is 1. The highest BCUT2D eigenvalue weighted by Gasteiger charge is 2.19. The first-order chi connectivity index (χ1) is 6.50. The van der Waals surface area contributed by atoms with Crippen LogP contribution >= 0.6 is 11.6 Å². The van der Waals surface area contributed by atoms with Gasteiger partial charge in [0, 0.05) is 5.02 Å². The number of alkyl halides is 1. The van der Waals surface area contributed by atoms with E-state index in [1.54, 1.807) is 0 Å². The SMILES string of the molecule is O=C(O)C(F)Oc1ccc(Cl)cc1F. The summed E-state index contributed by atoms with van der Waals surface area (Å²) in [6.07, 6.45) is -2.59. The van der Waals surface area contributed by atoms with Crippen molar-refractivity contribution >= 4 is 17.6 Å². The van der Waals surface area contributed by atoms with Gasteiger partial charge in [0.1, 0.15) is 0 Å². The molecule has 0 fully saturated rings. The average Bonchev–Trinajstić information content (AvgIpc) is 2.09. The Morgan fingerprint density at radius 1 is 1.57 bits per heavy atom. The number of ether oxygens (including phenoxy) is 1. The topological polar surface area (TPSA) is 46.5 Å². The van der Waals surface area contributed by atoms with Crippen LogP contribution < -0.4 is 4.74 Å². The lowest BCUT2D eigenvalue weighted by Crippen LogP contribution is -2.21. The number of rotatable bonds is 3. The van der Waals surface area contributed by atoms with Crippen LogP contribution in [0.1, 0.15) is 0 Å². The molecule has 0 spiro atoms. The fourth-order valence-corrected chi connectivity index (χ4v) is 0.891. The summed E-state index contributed by atoms with van der Waals surface area (Å²) in [5.41, 5.74) is 0. The molecule has 0 aliphatic carbocycles. The lowest BCUT2D eigenvalue weighted by molar-refractivity contribution is -0.153. The molecule has 14 heavy (non-hydrogen) atoms. The van der Waals surface area contributed by atoms with Gasteiger partial charge in [0.15, 0.2) is 11.6 Å². The van der Waals surface area contributed by atoms with E-state index in [2.05, 4.69) is 4.74 Å². The van der Waals surface area contributed by atoms with Crippen molar-refractivity contribution in [1.29, 1.82) is 0 Å². The van der Waals surface area contributed by atoms with E-state index in [0.29, 0.717) is 0 Å². The van der Waals surface area contributed by atoms with Gasteiger partial charge in [-0.25, -0.2) is 9.18 Å². The number of aliphatic carboxylic acids is 1. The number of carbonyl (C=O) groups is 1. The van der Waals surface area contributed by atoms with Crippen molar-refractivity contribution in [1.82, 2.24) is 0 Å². The van der Waals surface area contributed by atoms with Crippen LogP contribution in [-0.2, 0) is 4.79 Å². The molecule has 3 nitrogen and oxygen atoms in total. The fraction of sp³-hybridized carbons (Fsp3) is 0.125. The number of halogens is 3. The predicted octanol–water partition coefficient (Wildman–Crippen LogP) is 2.24. The van der Waals surface area contributed by atoms with E-state index in [4.69, 9.17) is 16.7 Å². The monoisotopic (exact) mass is 222 g/mol. The summed E-state index contributed by atoms with van der Waals surface area (Å²) in [7, 11) is 0. The van der Waals surface area contributed by atoms with Crippen LogP contribution in [0.25, 0.3) is 0 Å². The van der Waals surface area contributed by atoms with Crippen molar-refractivity contribution in [3.8, 4) is 5.75 Å². The summed E-state index contributed by atoms with van der Waals surface area (Å²) in [6.45, 7) is 0. The first-order valence-electron chi connectivity index (χ1n) is 3.49. The van der Waals surface area contributed by atoms with Gasteiger partial charge in [-0.05, 0) is 18.2 Å². The molecule has 6 heteroatoms. The quantitative estimate of drug-likeness (QED) is 0.853. The van der Waals surface area contributed by atoms with Gasteiger partial charge in [0.05, 0.1) is 0 Å². The Morgan fingerprint density at radius 3 is 2.71 bits per heavy atom. The zero-order chi connectivity index (χ0) is 10.7. The third-order valence-electron chi connectivity index (χ3n) is 1.32. The molecule has 0 radical (unpaired) electrons. The number of carboxylic acids is 1. The summed E-state index contributed by atoms with van der Waals surface area (Å²) < 4.78 is 29.5. The molecule has 0 heterocycles. The van der Waals surface area contributed by atoms with Gasteiger partial charge in [-0.1, -0.05) is 11.6 Å². The normalized spacial score (nSPS) is 12.2. The van der Waals surface area contributed by atoms with Crippen LogP contribution in [-0.4, -0.2) is 17.4 Å². The van der Waals surface area contributed by atoms with Crippen molar-refractivity contribution in [2.24, 2.45) is 0 Å². The van der Waals surface area contributed by atoms with Gasteiger partial charge < -0.3 is 9.84 Å². The van der Waals surface area contributed by atoms with Crippen molar-refractivity contribution < 1.29 is 23.4 Å². The molecular weight excluding hydrogens is 218 g/mol. The van der Waals surface area contributed by atoms with Crippen molar-refractivity contribution in [3.63, 3.8) is 0 Å². The zero-order valence-corrected chi connectivity index (χ0v) is 7.46. The molecule has 1 atom stereocenters. The Kier molecular flexibility index (Phi) is 3.24. The van der Waals surface area contributed by atoms with E-state index >= 15 is 0 Å². The second-order valence-electron chi connectivity index (χ2n) is 2.35. The standard InChI is InChI=1S/C8H5ClF2O3/c9-4-1-2-6(5(10)3-4)14-7(11)8(12)13/h1-3,7H,(H,12,13). The molecule has 0 amide bonds. The number of hydrogen-bond acceptors (Lipinski definition) is 2. The van der Waals surface area contributed by atoms with E-state index < -0.39 is 23.9 Å². The minimum atomic E-state index is -2.59. The smallest absolute Gasteiger partial charge is 0.378 e. The lowest BCUT2D eigenvalue weighted by Gasteiger charge is -2.07. The van der Waals surface area contributed by atoms with Gasteiger partial charge in [0.25, 0.3) is 0 Å². The van der Waals surface area contributed by atoms with Gasteiger partial charge in [-0.2, -0.15) is 4.39 Å². The van der Waals surface area contributed by atoms with E-state index in [0.717, 1.165) is 12.1 Å². The summed E-state index contributed by atoms with van der Waals surface area (Å²) in [5.74, 6) is -3.23. The Labute approximate surface area is 82.9 Å². The molecule has 1 rings (SSSR count). The molecule has 1 aromatic carbocycles. The third kappa shape index (κ3) is 2.56. The van der Waals surface area contributed by atoms with E-state index in [1.807, 2.05) is 0 Å². The summed E-state index contributed by atoms with van der Waals surface area (Å²) in [5, 5.41) is 8.25. The highest BCUT2D eigenvalue weighted by molar-refractivity contribution is 6.30. The predicted molar refractivity (Wildman–Crippen MR) is 44.6 cm³/mol. The second kappa shape index (κ2) is 4.23. The Bertz CT molecular complexity index is 356. The number of benzene rings is 1. The van der Waals surface area contributed by atoms with E-state index in [9.17, 15) is 13.6 Å². The highest BCUT2D eigenvalue weighted by Crippen LogP contribution is 2.22. The van der Waals surface area contributed by atoms with Crippen LogP contribution in [0.2, 0.25) is 5.02 Å². The molecule has 0 saturated carbocycles. The second-order valence-corrected chi connectivity index (χ2v) is 2.78. The van der Waals surface area contributed by atoms with Crippen molar-refractivity contribution in [2.45, 2.75) is 6.36 Å². The van der Waals surface area contributed by atoms with Crippen LogP contribution in [0.4, 0.5) is 8.78 Å². The zero-order valence-electron chi connectivity index (χ0n) is 6.71. The highest BCUT2D eigenvalue weighted by atomic mass is 35.5. The molecular formula is C8H5ClF2O3. The average molecular weight is 223 g/mol. The Hall–Kier alpha value is -1.36. The summed E-state index contributed by atoms with van der Waals surface area (Å²) in [6, 6.07) is 3.20. The Morgan fingerprint density at radius 2 is 2.21 bits per heavy atom. The van der Waals surface area contributed by atoms with Crippen LogP contribution in [0.15, 0.2) is 18.2 Å². The maximum atomic E-state index is 12.9.